The van der Waals surface area contributed by atoms with Crippen molar-refractivity contribution >= 4 is 15.6 Å². The number of aromatic amines is 1. The Labute approximate surface area is 176 Å². The summed E-state index contributed by atoms with van der Waals surface area (Å²) >= 11 is 0. The van der Waals surface area contributed by atoms with Crippen LogP contribution in [0.1, 0.15) is 34.5 Å². The van der Waals surface area contributed by atoms with E-state index in [0.29, 0.717) is 0 Å². The zero-order valence-electron chi connectivity index (χ0n) is 16.3. The number of alkyl halides is 3. The molecule has 0 fully saturated rings. The van der Waals surface area contributed by atoms with E-state index in [-0.39, 0.29) is 17.0 Å². The number of hydrogen-bond donors (Lipinski definition) is 3. The summed E-state index contributed by atoms with van der Waals surface area (Å²) in [5.74, 6) is -1.20. The fourth-order valence-corrected chi connectivity index (χ4v) is 4.31. The van der Waals surface area contributed by atoms with Crippen molar-refractivity contribution in [3.63, 3.8) is 0 Å². The van der Waals surface area contributed by atoms with Gasteiger partial charge in [0.25, 0.3) is 11.5 Å². The summed E-state index contributed by atoms with van der Waals surface area (Å²) in [6.07, 6.45) is -0.146. The maximum atomic E-state index is 12.5. The second kappa shape index (κ2) is 8.96. The van der Waals surface area contributed by atoms with Gasteiger partial charge in [0.05, 0.1) is 14.6 Å². The number of aromatic nitrogens is 1. The van der Waals surface area contributed by atoms with E-state index in [0.717, 1.165) is 54.5 Å². The zero-order valence-corrected chi connectivity index (χ0v) is 17.1. The van der Waals surface area contributed by atoms with Gasteiger partial charge in [-0.05, 0) is 55.5 Å². The lowest BCUT2D eigenvalue weighted by Gasteiger charge is -2.15. The van der Waals surface area contributed by atoms with Crippen LogP contribution in [0.25, 0.3) is 0 Å². The number of halogens is 3. The largest absolute Gasteiger partial charge is 0.573 e. The number of benzene rings is 1. The fourth-order valence-electron chi connectivity index (χ4n) is 3.21. The normalized spacial score (nSPS) is 15.8. The first-order chi connectivity index (χ1) is 14.5. The van der Waals surface area contributed by atoms with Gasteiger partial charge >= 0.3 is 6.36 Å². The minimum atomic E-state index is -4.91. The second-order valence-electron chi connectivity index (χ2n) is 6.93. The number of carbonyl (C=O) groups is 1. The van der Waals surface area contributed by atoms with Crippen molar-refractivity contribution < 1.29 is 26.9 Å². The van der Waals surface area contributed by atoms with Gasteiger partial charge in [-0.25, -0.2) is 8.99 Å². The number of pyridine rings is 1. The van der Waals surface area contributed by atoms with Gasteiger partial charge in [-0.3, -0.25) is 9.59 Å². The Bertz CT molecular complexity index is 1170. The first-order valence-corrected chi connectivity index (χ1v) is 11.0. The van der Waals surface area contributed by atoms with E-state index in [9.17, 15) is 27.0 Å². The molecule has 0 bridgehead atoms. The summed E-state index contributed by atoms with van der Waals surface area (Å²) < 4.78 is 61.2. The Morgan fingerprint density at radius 1 is 1.26 bits per heavy atom. The van der Waals surface area contributed by atoms with Crippen molar-refractivity contribution in [2.24, 2.45) is 0 Å². The van der Waals surface area contributed by atoms with Gasteiger partial charge in [0.15, 0.2) is 0 Å². The van der Waals surface area contributed by atoms with Crippen molar-refractivity contribution in [1.82, 2.24) is 10.3 Å². The maximum Gasteiger partial charge on any atom is 0.573 e. The molecule has 0 radical (unpaired) electrons. The fraction of sp³-hybridized carbons (Fsp3) is 0.300. The maximum absolute atomic E-state index is 12.5. The summed E-state index contributed by atoms with van der Waals surface area (Å²) in [7, 11) is -3.57. The SMILES string of the molecule is N=S(=O)(/C=C/CNC(=O)c1cc2c([nH]c1=O)CCCC2)c1cccc(OC(F)(F)F)c1. The van der Waals surface area contributed by atoms with Gasteiger partial charge in [-0.1, -0.05) is 12.1 Å². The number of fused-ring (bicyclic) bond motifs is 1. The van der Waals surface area contributed by atoms with E-state index in [1.54, 1.807) is 6.07 Å². The lowest BCUT2D eigenvalue weighted by molar-refractivity contribution is -0.274. The highest BCUT2D eigenvalue weighted by molar-refractivity contribution is 7.95. The molecule has 1 unspecified atom stereocenters. The van der Waals surface area contributed by atoms with E-state index < -0.39 is 33.3 Å². The second-order valence-corrected chi connectivity index (χ2v) is 8.87. The van der Waals surface area contributed by atoms with Gasteiger partial charge in [0.2, 0.25) is 0 Å². The van der Waals surface area contributed by atoms with Crippen LogP contribution in [0.2, 0.25) is 0 Å². The molecule has 1 aromatic heterocycles. The summed E-state index contributed by atoms with van der Waals surface area (Å²) in [5, 5.41) is 3.47. The van der Waals surface area contributed by atoms with Crippen molar-refractivity contribution in [3.05, 3.63) is 69.0 Å². The molecule has 1 aliphatic carbocycles. The third-order valence-corrected chi connectivity index (χ3v) is 6.17. The molecule has 0 saturated carbocycles. The van der Waals surface area contributed by atoms with E-state index >= 15 is 0 Å². The Morgan fingerprint density at radius 3 is 2.74 bits per heavy atom. The van der Waals surface area contributed by atoms with Crippen LogP contribution in [0.15, 0.2) is 51.5 Å². The molecule has 1 aromatic carbocycles. The van der Waals surface area contributed by atoms with E-state index in [1.807, 2.05) is 0 Å². The van der Waals surface area contributed by atoms with E-state index in [1.165, 1.54) is 18.2 Å². The summed E-state index contributed by atoms with van der Waals surface area (Å²) in [5.41, 5.74) is 1.26. The van der Waals surface area contributed by atoms with Gasteiger partial charge in [0.1, 0.15) is 11.3 Å². The van der Waals surface area contributed by atoms with Gasteiger partial charge < -0.3 is 15.0 Å². The van der Waals surface area contributed by atoms with Crippen LogP contribution in [-0.2, 0) is 22.6 Å². The molecule has 31 heavy (non-hydrogen) atoms. The van der Waals surface area contributed by atoms with Gasteiger partial charge in [-0.15, -0.1) is 13.2 Å². The standard InChI is InChI=1S/C20H20F3N3O4S/c21-20(22,23)30-14-6-3-7-15(12-14)31(24,29)10-4-9-25-18(27)16-11-13-5-1-2-8-17(13)26-19(16)28/h3-4,6-7,10-12,24H,1-2,5,8-9H2,(H,25,27)(H,26,28)/b10-4+. The van der Waals surface area contributed by atoms with Crippen LogP contribution in [-0.4, -0.2) is 28.0 Å². The molecule has 0 saturated heterocycles. The van der Waals surface area contributed by atoms with E-state index in [2.05, 4.69) is 15.0 Å². The highest BCUT2D eigenvalue weighted by atomic mass is 32.2. The topological polar surface area (TPSA) is 112 Å². The summed E-state index contributed by atoms with van der Waals surface area (Å²) in [4.78, 5) is 27.0. The molecule has 2 aromatic rings. The van der Waals surface area contributed by atoms with Gasteiger partial charge in [-0.2, -0.15) is 0 Å². The van der Waals surface area contributed by atoms with Crippen LogP contribution in [0.5, 0.6) is 5.75 Å². The molecule has 0 spiro atoms. The number of amides is 1. The number of ether oxygens (including phenoxy) is 1. The minimum absolute atomic E-state index is 0.0299. The molecule has 166 valence electrons. The van der Waals surface area contributed by atoms with Crippen LogP contribution < -0.4 is 15.6 Å². The van der Waals surface area contributed by atoms with Crippen LogP contribution in [0.4, 0.5) is 13.2 Å². The molecule has 3 N–H and O–H groups in total. The Hall–Kier alpha value is -3.08. The van der Waals surface area contributed by atoms with Crippen molar-refractivity contribution in [3.8, 4) is 5.75 Å². The molecular weight excluding hydrogens is 435 g/mol. The van der Waals surface area contributed by atoms with Gasteiger partial charge in [0, 0.05) is 17.6 Å². The number of hydrogen-bond acceptors (Lipinski definition) is 5. The summed E-state index contributed by atoms with van der Waals surface area (Å²) in [6, 6.07) is 5.92. The van der Waals surface area contributed by atoms with Crippen LogP contribution >= 0.6 is 0 Å². The first kappa shape index (κ1) is 22.6. The molecule has 1 aliphatic rings. The number of carbonyl (C=O) groups excluding carboxylic acids is 1. The van der Waals surface area contributed by atoms with Crippen molar-refractivity contribution in [2.75, 3.05) is 6.54 Å². The van der Waals surface area contributed by atoms with E-state index in [4.69, 9.17) is 4.78 Å². The Morgan fingerprint density at radius 2 is 2.00 bits per heavy atom. The van der Waals surface area contributed by atoms with Crippen LogP contribution in [0, 0.1) is 4.78 Å². The number of H-pyrrole nitrogens is 1. The molecule has 7 nitrogen and oxygen atoms in total. The third-order valence-electron chi connectivity index (χ3n) is 4.64. The minimum Gasteiger partial charge on any atom is -0.406 e. The highest BCUT2D eigenvalue weighted by Gasteiger charge is 2.31. The van der Waals surface area contributed by atoms with Crippen LogP contribution in [0.3, 0.4) is 0 Å². The molecular formula is C20H20F3N3O4S. The lowest BCUT2D eigenvalue weighted by atomic mass is 9.95. The molecule has 1 heterocycles. The number of aryl methyl sites for hydroxylation is 2. The summed E-state index contributed by atoms with van der Waals surface area (Å²) in [6.45, 7) is -0.121. The number of rotatable bonds is 6. The molecule has 3 rings (SSSR count). The third kappa shape index (κ3) is 5.97. The highest BCUT2D eigenvalue weighted by Crippen LogP contribution is 2.25. The quantitative estimate of drug-likeness (QED) is 0.619. The molecule has 1 atom stereocenters. The first-order valence-electron chi connectivity index (χ1n) is 9.40. The monoisotopic (exact) mass is 455 g/mol. The predicted octanol–water partition coefficient (Wildman–Crippen LogP) is 3.50. The average molecular weight is 455 g/mol. The Balaban J connectivity index is 1.65. The average Bonchev–Trinajstić information content (AvgIpc) is 2.69. The number of nitrogens with one attached hydrogen (secondary N) is 3. The smallest absolute Gasteiger partial charge is 0.406 e. The molecule has 11 heteroatoms. The van der Waals surface area contributed by atoms with Crippen molar-refractivity contribution in [1.29, 1.82) is 4.78 Å². The molecule has 0 aliphatic heterocycles. The lowest BCUT2D eigenvalue weighted by Crippen LogP contribution is -2.31. The van der Waals surface area contributed by atoms with Crippen molar-refractivity contribution in [2.45, 2.75) is 36.9 Å². The Kier molecular flexibility index (Phi) is 6.54. The molecule has 1 amide bonds. The predicted molar refractivity (Wildman–Crippen MR) is 107 cm³/mol. The zero-order chi connectivity index (χ0) is 22.6.